The third-order valence-electron chi connectivity index (χ3n) is 3.21. The number of likely N-dealkylation sites (N-methyl/N-ethyl adjacent to an activating group) is 1. The first-order valence-corrected chi connectivity index (χ1v) is 5.81. The highest BCUT2D eigenvalue weighted by Gasteiger charge is 2.25. The molecule has 1 N–H and O–H groups in total. The highest BCUT2D eigenvalue weighted by molar-refractivity contribution is 5.76. The zero-order chi connectivity index (χ0) is 10.7. The fraction of sp³-hybridized carbons (Fsp3) is 0.909. The highest BCUT2D eigenvalue weighted by Crippen LogP contribution is 2.28. The summed E-state index contributed by atoms with van der Waals surface area (Å²) in [6.07, 6.45) is 3.14. The van der Waals surface area contributed by atoms with Gasteiger partial charge in [0.1, 0.15) is 0 Å². The number of carbonyl (C=O) groups is 1. The number of ether oxygens (including phenoxy) is 1. The van der Waals surface area contributed by atoms with Gasteiger partial charge in [0, 0.05) is 26.7 Å². The number of hydrogen-bond acceptors (Lipinski definition) is 3. The molecule has 4 heteroatoms. The van der Waals surface area contributed by atoms with E-state index in [4.69, 9.17) is 4.74 Å². The molecule has 1 aliphatic heterocycles. The van der Waals surface area contributed by atoms with Crippen molar-refractivity contribution in [2.24, 2.45) is 5.92 Å². The van der Waals surface area contributed by atoms with E-state index < -0.39 is 0 Å². The molecule has 2 fully saturated rings. The van der Waals surface area contributed by atoms with Crippen LogP contribution in [-0.4, -0.2) is 50.2 Å². The molecule has 1 aliphatic carbocycles. The van der Waals surface area contributed by atoms with Crippen molar-refractivity contribution in [3.63, 3.8) is 0 Å². The molecular formula is C11H20N2O2. The van der Waals surface area contributed by atoms with Crippen molar-refractivity contribution in [3.05, 3.63) is 0 Å². The fourth-order valence-corrected chi connectivity index (χ4v) is 1.62. The van der Waals surface area contributed by atoms with Crippen LogP contribution in [-0.2, 0) is 9.53 Å². The van der Waals surface area contributed by atoms with Crippen molar-refractivity contribution in [3.8, 4) is 0 Å². The topological polar surface area (TPSA) is 41.6 Å². The van der Waals surface area contributed by atoms with E-state index in [0.717, 1.165) is 25.6 Å². The zero-order valence-electron chi connectivity index (χ0n) is 9.37. The molecule has 0 radical (unpaired) electrons. The van der Waals surface area contributed by atoms with Gasteiger partial charge in [0.2, 0.25) is 5.91 Å². The third kappa shape index (κ3) is 3.18. The predicted molar refractivity (Wildman–Crippen MR) is 57.6 cm³/mol. The molecule has 0 unspecified atom stereocenters. The molecule has 86 valence electrons. The van der Waals surface area contributed by atoms with Gasteiger partial charge in [0.05, 0.1) is 19.1 Å². The molecule has 2 aliphatic rings. The molecule has 15 heavy (non-hydrogen) atoms. The Bertz CT molecular complexity index is 225. The summed E-state index contributed by atoms with van der Waals surface area (Å²) in [5.41, 5.74) is 0. The number of hydrogen-bond donors (Lipinski definition) is 1. The summed E-state index contributed by atoms with van der Waals surface area (Å²) in [5, 5.41) is 3.16. The molecule has 2 rings (SSSR count). The molecule has 0 bridgehead atoms. The SMILES string of the molecule is CN(C(=O)CCOCC1CC1)C1CNC1. The molecule has 0 spiro atoms. The van der Waals surface area contributed by atoms with E-state index in [-0.39, 0.29) is 5.91 Å². The molecule has 0 aromatic rings. The first-order chi connectivity index (χ1) is 7.27. The number of nitrogens with one attached hydrogen (secondary N) is 1. The van der Waals surface area contributed by atoms with Gasteiger partial charge in [-0.1, -0.05) is 0 Å². The summed E-state index contributed by atoms with van der Waals surface area (Å²) in [6.45, 7) is 3.30. The van der Waals surface area contributed by atoms with Crippen LogP contribution in [0.4, 0.5) is 0 Å². The number of amides is 1. The minimum atomic E-state index is 0.206. The van der Waals surface area contributed by atoms with Crippen LogP contribution < -0.4 is 5.32 Å². The second-order valence-corrected chi connectivity index (χ2v) is 4.59. The molecule has 4 nitrogen and oxygen atoms in total. The Balaban J connectivity index is 1.54. The molecule has 1 heterocycles. The van der Waals surface area contributed by atoms with Crippen molar-refractivity contribution >= 4 is 5.91 Å². The first-order valence-electron chi connectivity index (χ1n) is 5.81. The maximum atomic E-state index is 11.7. The van der Waals surface area contributed by atoms with Gasteiger partial charge in [-0.3, -0.25) is 4.79 Å². The maximum Gasteiger partial charge on any atom is 0.224 e. The lowest BCUT2D eigenvalue weighted by atomic mass is 10.1. The Morgan fingerprint density at radius 2 is 2.20 bits per heavy atom. The van der Waals surface area contributed by atoms with E-state index in [1.165, 1.54) is 12.8 Å². The monoisotopic (exact) mass is 212 g/mol. The molecule has 0 atom stereocenters. The first kappa shape index (κ1) is 10.9. The van der Waals surface area contributed by atoms with Gasteiger partial charge in [-0.15, -0.1) is 0 Å². The van der Waals surface area contributed by atoms with E-state index in [1.807, 2.05) is 11.9 Å². The lowest BCUT2D eigenvalue weighted by Gasteiger charge is -2.35. The van der Waals surface area contributed by atoms with Crippen LogP contribution in [0.3, 0.4) is 0 Å². The summed E-state index contributed by atoms with van der Waals surface area (Å²) in [7, 11) is 1.88. The van der Waals surface area contributed by atoms with Gasteiger partial charge in [0.25, 0.3) is 0 Å². The van der Waals surface area contributed by atoms with Crippen molar-refractivity contribution in [2.75, 3.05) is 33.4 Å². The molecule has 0 aromatic heterocycles. The van der Waals surface area contributed by atoms with Gasteiger partial charge < -0.3 is 15.0 Å². The van der Waals surface area contributed by atoms with Gasteiger partial charge in [-0.2, -0.15) is 0 Å². The summed E-state index contributed by atoms with van der Waals surface area (Å²) < 4.78 is 5.45. The summed E-state index contributed by atoms with van der Waals surface area (Å²) in [4.78, 5) is 13.5. The van der Waals surface area contributed by atoms with E-state index >= 15 is 0 Å². The van der Waals surface area contributed by atoms with E-state index in [1.54, 1.807) is 0 Å². The van der Waals surface area contributed by atoms with Crippen molar-refractivity contribution in [1.29, 1.82) is 0 Å². The molecule has 0 aromatic carbocycles. The smallest absolute Gasteiger partial charge is 0.224 e. The van der Waals surface area contributed by atoms with Crippen LogP contribution in [0, 0.1) is 5.92 Å². The van der Waals surface area contributed by atoms with E-state index in [9.17, 15) is 4.79 Å². The second kappa shape index (κ2) is 4.94. The normalized spacial score (nSPS) is 21.1. The van der Waals surface area contributed by atoms with E-state index in [2.05, 4.69) is 5.32 Å². The lowest BCUT2D eigenvalue weighted by Crippen LogP contribution is -2.57. The minimum absolute atomic E-state index is 0.206. The number of nitrogens with zero attached hydrogens (tertiary/aromatic N) is 1. The van der Waals surface area contributed by atoms with Crippen LogP contribution in [0.2, 0.25) is 0 Å². The minimum Gasteiger partial charge on any atom is -0.381 e. The number of carbonyl (C=O) groups excluding carboxylic acids is 1. The van der Waals surface area contributed by atoms with E-state index in [0.29, 0.717) is 19.1 Å². The zero-order valence-corrected chi connectivity index (χ0v) is 9.37. The van der Waals surface area contributed by atoms with Crippen molar-refractivity contribution in [2.45, 2.75) is 25.3 Å². The quantitative estimate of drug-likeness (QED) is 0.641. The van der Waals surface area contributed by atoms with Crippen LogP contribution in [0.25, 0.3) is 0 Å². The van der Waals surface area contributed by atoms with Crippen LogP contribution in [0.1, 0.15) is 19.3 Å². The average molecular weight is 212 g/mol. The van der Waals surface area contributed by atoms with Gasteiger partial charge in [0.15, 0.2) is 0 Å². The van der Waals surface area contributed by atoms with Crippen LogP contribution in [0.15, 0.2) is 0 Å². The van der Waals surface area contributed by atoms with Crippen molar-refractivity contribution < 1.29 is 9.53 Å². The van der Waals surface area contributed by atoms with Crippen LogP contribution >= 0.6 is 0 Å². The summed E-state index contributed by atoms with van der Waals surface area (Å²) in [5.74, 6) is 0.992. The highest BCUT2D eigenvalue weighted by atomic mass is 16.5. The molecule has 1 saturated carbocycles. The fourth-order valence-electron chi connectivity index (χ4n) is 1.62. The number of rotatable bonds is 6. The Labute approximate surface area is 91.0 Å². The van der Waals surface area contributed by atoms with Crippen molar-refractivity contribution in [1.82, 2.24) is 10.2 Å². The van der Waals surface area contributed by atoms with Gasteiger partial charge in [-0.25, -0.2) is 0 Å². The third-order valence-corrected chi connectivity index (χ3v) is 3.21. The van der Waals surface area contributed by atoms with Gasteiger partial charge in [-0.05, 0) is 18.8 Å². The Morgan fingerprint density at radius 3 is 2.73 bits per heavy atom. The lowest BCUT2D eigenvalue weighted by molar-refractivity contribution is -0.134. The summed E-state index contributed by atoms with van der Waals surface area (Å²) >= 11 is 0. The predicted octanol–water partition coefficient (Wildman–Crippen LogP) is 0.233. The van der Waals surface area contributed by atoms with Gasteiger partial charge >= 0.3 is 0 Å². The molecule has 1 amide bonds. The standard InChI is InChI=1S/C11H20N2O2/c1-13(10-6-12-7-10)11(14)4-5-15-8-9-2-3-9/h9-10,12H,2-8H2,1H3. The molecule has 1 saturated heterocycles. The average Bonchev–Trinajstić information content (AvgIpc) is 2.92. The largest absolute Gasteiger partial charge is 0.381 e. The maximum absolute atomic E-state index is 11.7. The Kier molecular flexibility index (Phi) is 3.59. The second-order valence-electron chi connectivity index (χ2n) is 4.59. The Morgan fingerprint density at radius 1 is 1.47 bits per heavy atom. The Hall–Kier alpha value is -0.610. The summed E-state index contributed by atoms with van der Waals surface area (Å²) in [6, 6.07) is 0.404. The van der Waals surface area contributed by atoms with Crippen LogP contribution in [0.5, 0.6) is 0 Å². The molecular weight excluding hydrogens is 192 g/mol.